The van der Waals surface area contributed by atoms with E-state index in [-0.39, 0.29) is 17.2 Å². The van der Waals surface area contributed by atoms with Crippen molar-refractivity contribution in [2.45, 2.75) is 58.0 Å². The molecule has 6 heteroatoms. The second kappa shape index (κ2) is 12.0. The molecule has 1 aliphatic rings. The summed E-state index contributed by atoms with van der Waals surface area (Å²) >= 11 is 0. The average molecular weight is 506 g/mol. The molecular formula is C31H30F3NO2. The van der Waals surface area contributed by atoms with E-state index >= 15 is 0 Å². The number of benzene rings is 3. The Labute approximate surface area is 215 Å². The van der Waals surface area contributed by atoms with Gasteiger partial charge in [0.05, 0.1) is 5.56 Å². The summed E-state index contributed by atoms with van der Waals surface area (Å²) in [6, 6.07) is 21.0. The molecule has 0 fully saturated rings. The van der Waals surface area contributed by atoms with Crippen LogP contribution < -0.4 is 0 Å². The molecule has 4 rings (SSSR count). The zero-order valence-electron chi connectivity index (χ0n) is 20.9. The summed E-state index contributed by atoms with van der Waals surface area (Å²) in [6.45, 7) is 2.23. The maximum absolute atomic E-state index is 13.3. The van der Waals surface area contributed by atoms with Crippen molar-refractivity contribution in [1.82, 2.24) is 0 Å². The van der Waals surface area contributed by atoms with E-state index in [4.69, 9.17) is 4.74 Å². The summed E-state index contributed by atoms with van der Waals surface area (Å²) in [4.78, 5) is 16.5. The molecule has 0 N–H and O–H groups in total. The van der Waals surface area contributed by atoms with Gasteiger partial charge in [0.2, 0.25) is 5.90 Å². The van der Waals surface area contributed by atoms with E-state index in [0.29, 0.717) is 5.56 Å². The van der Waals surface area contributed by atoms with Gasteiger partial charge in [0.15, 0.2) is 5.70 Å². The maximum Gasteiger partial charge on any atom is 0.416 e. The van der Waals surface area contributed by atoms with Crippen LogP contribution in [0.5, 0.6) is 0 Å². The molecule has 3 aromatic rings. The number of nitrogens with zero attached hydrogens (tertiary/aromatic N) is 1. The van der Waals surface area contributed by atoms with Crippen molar-refractivity contribution in [2.24, 2.45) is 4.99 Å². The van der Waals surface area contributed by atoms with Crippen molar-refractivity contribution in [3.05, 3.63) is 101 Å². The number of cyclic esters (lactones) is 1. The Bertz CT molecular complexity index is 1270. The van der Waals surface area contributed by atoms with E-state index in [0.717, 1.165) is 29.7 Å². The van der Waals surface area contributed by atoms with Gasteiger partial charge in [-0.15, -0.1) is 0 Å². The molecule has 0 radical (unpaired) electrons. The van der Waals surface area contributed by atoms with Gasteiger partial charge in [0.1, 0.15) is 0 Å². The third-order valence-electron chi connectivity index (χ3n) is 6.42. The fraction of sp³-hybridized carbons (Fsp3) is 0.290. The van der Waals surface area contributed by atoms with E-state index in [1.165, 1.54) is 62.3 Å². The van der Waals surface area contributed by atoms with Crippen molar-refractivity contribution in [3.63, 3.8) is 0 Å². The van der Waals surface area contributed by atoms with Gasteiger partial charge in [-0.1, -0.05) is 93.6 Å². The van der Waals surface area contributed by atoms with Crippen LogP contribution in [0, 0.1) is 0 Å². The number of rotatable bonds is 10. The lowest BCUT2D eigenvalue weighted by atomic mass is 10.00. The standard InChI is InChI=1S/C31H30F3NO2/c1-2-3-4-5-6-7-10-22-13-15-23(16-14-22)24-17-19-25(20-18-24)29-35-28(30(36)37-29)21-26-11-8-9-12-27(26)31(32,33)34/h8-9,11-21H,2-7,10H2,1H3/b28-21-. The lowest BCUT2D eigenvalue weighted by molar-refractivity contribution is -0.137. The average Bonchev–Trinajstić information content (AvgIpc) is 3.26. The summed E-state index contributed by atoms with van der Waals surface area (Å²) in [5.41, 5.74) is 2.85. The van der Waals surface area contributed by atoms with Crippen LogP contribution in [-0.4, -0.2) is 11.9 Å². The lowest BCUT2D eigenvalue weighted by Gasteiger charge is -2.09. The number of hydrogen-bond donors (Lipinski definition) is 0. The maximum atomic E-state index is 13.3. The molecule has 0 saturated heterocycles. The molecule has 0 saturated carbocycles. The minimum Gasteiger partial charge on any atom is -0.402 e. The highest BCUT2D eigenvalue weighted by atomic mass is 19.4. The monoisotopic (exact) mass is 505 g/mol. The minimum absolute atomic E-state index is 0.0709. The zero-order chi connectivity index (χ0) is 26.3. The van der Waals surface area contributed by atoms with Crippen LogP contribution in [0.2, 0.25) is 0 Å². The number of aliphatic imine (C=N–C) groups is 1. The highest BCUT2D eigenvalue weighted by molar-refractivity contribution is 6.13. The van der Waals surface area contributed by atoms with Gasteiger partial charge < -0.3 is 4.74 Å². The number of hydrogen-bond acceptors (Lipinski definition) is 3. The fourth-order valence-electron chi connectivity index (χ4n) is 4.34. The van der Waals surface area contributed by atoms with Crippen LogP contribution in [0.25, 0.3) is 17.2 Å². The Morgan fingerprint density at radius 3 is 2.05 bits per heavy atom. The quantitative estimate of drug-likeness (QED) is 0.157. The summed E-state index contributed by atoms with van der Waals surface area (Å²) in [7, 11) is 0. The van der Waals surface area contributed by atoms with Gasteiger partial charge in [-0.05, 0) is 59.4 Å². The van der Waals surface area contributed by atoms with Gasteiger partial charge in [-0.25, -0.2) is 9.79 Å². The first-order chi connectivity index (χ1) is 17.8. The molecule has 0 unspecified atom stereocenters. The smallest absolute Gasteiger partial charge is 0.402 e. The molecule has 192 valence electrons. The zero-order valence-corrected chi connectivity index (χ0v) is 20.9. The molecule has 3 nitrogen and oxygen atoms in total. The van der Waals surface area contributed by atoms with E-state index in [1.807, 2.05) is 12.1 Å². The Hall–Kier alpha value is -3.67. The summed E-state index contributed by atoms with van der Waals surface area (Å²) < 4.78 is 45.1. The highest BCUT2D eigenvalue weighted by Crippen LogP contribution is 2.33. The third-order valence-corrected chi connectivity index (χ3v) is 6.42. The summed E-state index contributed by atoms with van der Waals surface area (Å²) in [5.74, 6) is -0.710. The first-order valence-electron chi connectivity index (χ1n) is 12.7. The summed E-state index contributed by atoms with van der Waals surface area (Å²) in [5, 5.41) is 0. The summed E-state index contributed by atoms with van der Waals surface area (Å²) in [6.07, 6.45) is 5.33. The first kappa shape index (κ1) is 26.4. The number of carbonyl (C=O) groups is 1. The number of carbonyl (C=O) groups excluding carboxylic acids is 1. The van der Waals surface area contributed by atoms with Crippen molar-refractivity contribution in [1.29, 1.82) is 0 Å². The third kappa shape index (κ3) is 6.97. The number of esters is 1. The predicted octanol–water partition coefficient (Wildman–Crippen LogP) is 8.62. The fourth-order valence-corrected chi connectivity index (χ4v) is 4.34. The second-order valence-electron chi connectivity index (χ2n) is 9.21. The lowest BCUT2D eigenvalue weighted by Crippen LogP contribution is -2.08. The Kier molecular flexibility index (Phi) is 8.59. The van der Waals surface area contributed by atoms with E-state index in [2.05, 4.69) is 36.2 Å². The van der Waals surface area contributed by atoms with Crippen molar-refractivity contribution < 1.29 is 22.7 Å². The predicted molar refractivity (Wildman–Crippen MR) is 141 cm³/mol. The largest absolute Gasteiger partial charge is 0.416 e. The molecule has 0 bridgehead atoms. The molecule has 0 amide bonds. The molecule has 3 aromatic carbocycles. The molecule has 1 aliphatic heterocycles. The molecule has 0 spiro atoms. The van der Waals surface area contributed by atoms with E-state index in [9.17, 15) is 18.0 Å². The van der Waals surface area contributed by atoms with Gasteiger partial charge in [0.25, 0.3) is 0 Å². The van der Waals surface area contributed by atoms with Gasteiger partial charge >= 0.3 is 12.1 Å². The van der Waals surface area contributed by atoms with Gasteiger partial charge in [0, 0.05) is 5.56 Å². The Balaban J connectivity index is 1.42. The molecular weight excluding hydrogens is 475 g/mol. The minimum atomic E-state index is -4.54. The number of halogens is 3. The number of alkyl halides is 3. The number of unbranched alkanes of at least 4 members (excludes halogenated alkanes) is 5. The van der Waals surface area contributed by atoms with Gasteiger partial charge in [-0.2, -0.15) is 13.2 Å². The molecule has 1 heterocycles. The van der Waals surface area contributed by atoms with Gasteiger partial charge in [-0.3, -0.25) is 0 Å². The topological polar surface area (TPSA) is 38.7 Å². The van der Waals surface area contributed by atoms with Crippen LogP contribution in [-0.2, 0) is 22.1 Å². The normalized spacial score (nSPS) is 14.6. The highest BCUT2D eigenvalue weighted by Gasteiger charge is 2.33. The van der Waals surface area contributed by atoms with Crippen molar-refractivity contribution in [2.75, 3.05) is 0 Å². The number of aryl methyl sites for hydroxylation is 1. The molecule has 0 atom stereocenters. The number of ether oxygens (including phenoxy) is 1. The molecule has 37 heavy (non-hydrogen) atoms. The SMILES string of the molecule is CCCCCCCCc1ccc(-c2ccc(C3=N/C(=C\c4ccccc4C(F)(F)F)C(=O)O3)cc2)cc1. The van der Waals surface area contributed by atoms with Crippen LogP contribution in [0.15, 0.2) is 83.5 Å². The molecule has 0 aliphatic carbocycles. The molecule has 0 aromatic heterocycles. The first-order valence-corrected chi connectivity index (χ1v) is 12.7. The van der Waals surface area contributed by atoms with Crippen LogP contribution in [0.4, 0.5) is 13.2 Å². The van der Waals surface area contributed by atoms with Crippen LogP contribution in [0.1, 0.15) is 67.7 Å². The van der Waals surface area contributed by atoms with Crippen LogP contribution >= 0.6 is 0 Å². The second-order valence-corrected chi connectivity index (χ2v) is 9.21. The Morgan fingerprint density at radius 1 is 0.784 bits per heavy atom. The van der Waals surface area contributed by atoms with Crippen LogP contribution in [0.3, 0.4) is 0 Å². The van der Waals surface area contributed by atoms with E-state index in [1.54, 1.807) is 12.1 Å². The van der Waals surface area contributed by atoms with E-state index < -0.39 is 17.7 Å². The van der Waals surface area contributed by atoms with Crippen molar-refractivity contribution >= 4 is 17.9 Å². The Morgan fingerprint density at radius 2 is 1.38 bits per heavy atom. The van der Waals surface area contributed by atoms with Crippen molar-refractivity contribution in [3.8, 4) is 11.1 Å².